The molecule has 0 radical (unpaired) electrons. The van der Waals surface area contributed by atoms with E-state index in [1.165, 1.54) is 0 Å². The van der Waals surface area contributed by atoms with Gasteiger partial charge in [0.05, 0.1) is 12.8 Å². The molecule has 1 rings (SSSR count). The number of methoxy groups -OCH3 is 1. The van der Waals surface area contributed by atoms with Gasteiger partial charge in [-0.15, -0.1) is 0 Å². The van der Waals surface area contributed by atoms with Gasteiger partial charge in [0.1, 0.15) is 6.33 Å². The molecule has 0 bridgehead atoms. The predicted molar refractivity (Wildman–Crippen MR) is 69.3 cm³/mol. The summed E-state index contributed by atoms with van der Waals surface area (Å²) in [7, 11) is 1.64. The fraction of sp³-hybridized carbons (Fsp3) is 0.667. The third kappa shape index (κ3) is 2.73. The Kier molecular flexibility index (Phi) is 4.71. The third-order valence-corrected chi connectivity index (χ3v) is 3.37. The van der Waals surface area contributed by atoms with E-state index >= 15 is 0 Å². The van der Waals surface area contributed by atoms with Gasteiger partial charge in [-0.1, -0.05) is 36.7 Å². The van der Waals surface area contributed by atoms with Crippen molar-refractivity contribution in [3.63, 3.8) is 0 Å². The van der Waals surface area contributed by atoms with Crippen molar-refractivity contribution in [3.8, 4) is 5.88 Å². The number of halogens is 1. The lowest BCUT2D eigenvalue weighted by Gasteiger charge is -2.24. The second kappa shape index (κ2) is 5.62. The molecule has 1 aromatic rings. The van der Waals surface area contributed by atoms with Crippen LogP contribution in [-0.2, 0) is 0 Å². The Morgan fingerprint density at radius 2 is 1.88 bits per heavy atom. The molecule has 0 aliphatic rings. The summed E-state index contributed by atoms with van der Waals surface area (Å²) in [6.07, 6.45) is 1.58. The fourth-order valence-electron chi connectivity index (χ4n) is 2.05. The largest absolute Gasteiger partial charge is 0.481 e. The second-order valence-corrected chi connectivity index (χ2v) is 5.78. The van der Waals surface area contributed by atoms with Crippen molar-refractivity contribution in [1.82, 2.24) is 9.97 Å². The Bertz CT molecular complexity index is 345. The van der Waals surface area contributed by atoms with Crippen LogP contribution in [0, 0.1) is 12.8 Å². The number of hydrogen-bond donors (Lipinski definition) is 0. The molecule has 2 unspecified atom stereocenters. The second-order valence-electron chi connectivity index (χ2n) is 4.34. The monoisotopic (exact) mass is 286 g/mol. The van der Waals surface area contributed by atoms with Gasteiger partial charge in [0.2, 0.25) is 5.88 Å². The van der Waals surface area contributed by atoms with Crippen LogP contribution < -0.4 is 4.74 Å². The van der Waals surface area contributed by atoms with Crippen molar-refractivity contribution in [1.29, 1.82) is 0 Å². The highest BCUT2D eigenvalue weighted by molar-refractivity contribution is 9.09. The Labute approximate surface area is 106 Å². The summed E-state index contributed by atoms with van der Waals surface area (Å²) in [5.74, 6) is 1.56. The van der Waals surface area contributed by atoms with Crippen LogP contribution in [0.25, 0.3) is 0 Å². The Morgan fingerprint density at radius 3 is 2.31 bits per heavy atom. The third-order valence-electron chi connectivity index (χ3n) is 2.80. The predicted octanol–water partition coefficient (Wildman–Crippen LogP) is 3.32. The fourth-order valence-corrected chi connectivity index (χ4v) is 2.91. The highest BCUT2D eigenvalue weighted by Crippen LogP contribution is 2.34. The first-order valence-electron chi connectivity index (χ1n) is 5.48. The molecular weight excluding hydrogens is 268 g/mol. The highest BCUT2D eigenvalue weighted by Gasteiger charge is 2.25. The van der Waals surface area contributed by atoms with Gasteiger partial charge >= 0.3 is 0 Å². The van der Waals surface area contributed by atoms with Gasteiger partial charge in [0.15, 0.2) is 0 Å². The lowest BCUT2D eigenvalue weighted by Crippen LogP contribution is -2.18. The smallest absolute Gasteiger partial charge is 0.219 e. The summed E-state index contributed by atoms with van der Waals surface area (Å²) in [4.78, 5) is 8.90. The van der Waals surface area contributed by atoms with Crippen molar-refractivity contribution < 1.29 is 4.74 Å². The van der Waals surface area contributed by atoms with Crippen LogP contribution >= 0.6 is 15.9 Å². The Hall–Kier alpha value is -0.640. The minimum absolute atomic E-state index is 0.372. The van der Waals surface area contributed by atoms with Crippen molar-refractivity contribution in [2.45, 2.75) is 38.4 Å². The van der Waals surface area contributed by atoms with Crippen LogP contribution in [0.2, 0.25) is 0 Å². The van der Waals surface area contributed by atoms with E-state index < -0.39 is 0 Å². The molecule has 4 heteroatoms. The lowest BCUT2D eigenvalue weighted by atomic mass is 9.88. The molecule has 0 spiro atoms. The summed E-state index contributed by atoms with van der Waals surface area (Å²) in [6.45, 7) is 8.57. The standard InChI is InChI=1S/C12H19BrN2O/c1-7(2)10(9(4)13)11-8(3)12(16-5)15-6-14-11/h6-7,9-10H,1-5H3. The average Bonchev–Trinajstić information content (AvgIpc) is 2.20. The molecule has 0 saturated carbocycles. The molecule has 0 N–H and O–H groups in total. The van der Waals surface area contributed by atoms with Gasteiger partial charge < -0.3 is 4.74 Å². The molecule has 0 aromatic carbocycles. The maximum Gasteiger partial charge on any atom is 0.219 e. The molecule has 0 amide bonds. The summed E-state index contributed by atoms with van der Waals surface area (Å²) in [5, 5.41) is 0. The molecular formula is C12H19BrN2O. The van der Waals surface area contributed by atoms with E-state index in [2.05, 4.69) is 46.7 Å². The SMILES string of the molecule is COc1ncnc(C(C(C)C)C(C)Br)c1C. The molecule has 16 heavy (non-hydrogen) atoms. The van der Waals surface area contributed by atoms with Crippen LogP contribution in [0.4, 0.5) is 0 Å². The van der Waals surface area contributed by atoms with E-state index in [0.717, 1.165) is 11.3 Å². The van der Waals surface area contributed by atoms with Gasteiger partial charge in [-0.25, -0.2) is 9.97 Å². The summed E-state index contributed by atoms with van der Waals surface area (Å²) < 4.78 is 5.23. The summed E-state index contributed by atoms with van der Waals surface area (Å²) >= 11 is 3.66. The molecule has 0 aliphatic heterocycles. The Morgan fingerprint density at radius 1 is 1.25 bits per heavy atom. The molecule has 0 saturated heterocycles. The number of nitrogens with zero attached hydrogens (tertiary/aromatic N) is 2. The minimum atomic E-state index is 0.372. The van der Waals surface area contributed by atoms with E-state index in [-0.39, 0.29) is 0 Å². The number of rotatable bonds is 4. The average molecular weight is 287 g/mol. The quantitative estimate of drug-likeness (QED) is 0.797. The topological polar surface area (TPSA) is 35.0 Å². The van der Waals surface area contributed by atoms with Crippen molar-refractivity contribution in [2.24, 2.45) is 5.92 Å². The summed E-state index contributed by atoms with van der Waals surface area (Å²) in [6, 6.07) is 0. The van der Waals surface area contributed by atoms with Crippen molar-refractivity contribution in [3.05, 3.63) is 17.6 Å². The normalized spacial score (nSPS) is 14.9. The molecule has 1 heterocycles. The summed E-state index contributed by atoms with van der Waals surface area (Å²) in [5.41, 5.74) is 2.11. The van der Waals surface area contributed by atoms with E-state index in [4.69, 9.17) is 4.74 Å². The van der Waals surface area contributed by atoms with E-state index in [0.29, 0.717) is 22.5 Å². The van der Waals surface area contributed by atoms with Gasteiger partial charge in [-0.05, 0) is 12.8 Å². The van der Waals surface area contributed by atoms with Gasteiger partial charge in [0.25, 0.3) is 0 Å². The van der Waals surface area contributed by atoms with Crippen LogP contribution in [-0.4, -0.2) is 21.9 Å². The minimum Gasteiger partial charge on any atom is -0.481 e. The number of alkyl halides is 1. The zero-order chi connectivity index (χ0) is 12.3. The van der Waals surface area contributed by atoms with Crippen molar-refractivity contribution in [2.75, 3.05) is 7.11 Å². The zero-order valence-electron chi connectivity index (χ0n) is 10.5. The first kappa shape index (κ1) is 13.4. The Balaban J connectivity index is 3.19. The van der Waals surface area contributed by atoms with Crippen LogP contribution in [0.15, 0.2) is 6.33 Å². The number of aromatic nitrogens is 2. The van der Waals surface area contributed by atoms with Crippen molar-refractivity contribution >= 4 is 15.9 Å². The highest BCUT2D eigenvalue weighted by atomic mass is 79.9. The van der Waals surface area contributed by atoms with Crippen LogP contribution in [0.3, 0.4) is 0 Å². The maximum atomic E-state index is 5.23. The number of ether oxygens (including phenoxy) is 1. The number of hydrogen-bond acceptors (Lipinski definition) is 3. The van der Waals surface area contributed by atoms with Gasteiger partial charge in [-0.3, -0.25) is 0 Å². The first-order chi connectivity index (χ1) is 7.49. The molecule has 1 aromatic heterocycles. The van der Waals surface area contributed by atoms with Crippen LogP contribution in [0.1, 0.15) is 37.9 Å². The molecule has 2 atom stereocenters. The lowest BCUT2D eigenvalue weighted by molar-refractivity contribution is 0.388. The molecule has 0 aliphatic carbocycles. The van der Waals surface area contributed by atoms with Crippen LogP contribution in [0.5, 0.6) is 5.88 Å². The molecule has 3 nitrogen and oxygen atoms in total. The van der Waals surface area contributed by atoms with E-state index in [1.54, 1.807) is 13.4 Å². The maximum absolute atomic E-state index is 5.23. The van der Waals surface area contributed by atoms with E-state index in [1.807, 2.05) is 6.92 Å². The van der Waals surface area contributed by atoms with E-state index in [9.17, 15) is 0 Å². The van der Waals surface area contributed by atoms with Gasteiger partial charge in [-0.2, -0.15) is 0 Å². The first-order valence-corrected chi connectivity index (χ1v) is 6.40. The van der Waals surface area contributed by atoms with Gasteiger partial charge in [0, 0.05) is 16.3 Å². The molecule has 0 fully saturated rings. The zero-order valence-corrected chi connectivity index (χ0v) is 12.1. The molecule has 90 valence electrons.